The highest BCUT2D eigenvalue weighted by atomic mass is 28.3. The largest absolute Gasteiger partial charge is 0.457 e. The fraction of sp³-hybridized carbons (Fsp3) is 0.650. The summed E-state index contributed by atoms with van der Waals surface area (Å²) < 4.78 is 22.0. The quantitative estimate of drug-likeness (QED) is 0.0335. The Balaban J connectivity index is 1.76. The minimum Gasteiger partial charge on any atom is -0.457 e. The maximum absolute atomic E-state index is 12.6. The molecular weight excluding hydrogens is 637 g/mol. The summed E-state index contributed by atoms with van der Waals surface area (Å²) in [6, 6.07) is 5.53. The van der Waals surface area contributed by atoms with Crippen LogP contribution in [0, 0.1) is 11.8 Å². The molecule has 1 aromatic carbocycles. The van der Waals surface area contributed by atoms with Crippen molar-refractivity contribution in [2.24, 2.45) is 11.8 Å². The fourth-order valence-electron chi connectivity index (χ4n) is 7.32. The molecule has 2 fully saturated rings. The summed E-state index contributed by atoms with van der Waals surface area (Å²) in [6.07, 6.45) is 13.2. The molecule has 0 amide bonds. The number of hydrogen-bond donors (Lipinski definition) is 0. The Bertz CT molecular complexity index is 1260. The Morgan fingerprint density at radius 2 is 1.39 bits per heavy atom. The van der Waals surface area contributed by atoms with Crippen molar-refractivity contribution in [1.82, 2.24) is 0 Å². The second-order valence-corrected chi connectivity index (χ2v) is 19.8. The lowest BCUT2D eigenvalue weighted by Gasteiger charge is -2.33. The van der Waals surface area contributed by atoms with E-state index in [-0.39, 0.29) is 32.0 Å². The van der Waals surface area contributed by atoms with E-state index in [0.717, 1.165) is 55.2 Å². The lowest BCUT2D eigenvalue weighted by Crippen LogP contribution is -2.46. The smallest absolute Gasteiger partial charge is 0.333 e. The van der Waals surface area contributed by atoms with E-state index >= 15 is 0 Å². The van der Waals surface area contributed by atoms with E-state index in [4.69, 9.17) is 14.2 Å². The van der Waals surface area contributed by atoms with E-state index in [9.17, 15) is 19.2 Å². The van der Waals surface area contributed by atoms with Crippen molar-refractivity contribution in [2.45, 2.75) is 143 Å². The molecule has 0 atom stereocenters. The lowest BCUT2D eigenvalue weighted by molar-refractivity contribution is -0.166. The predicted molar refractivity (Wildman–Crippen MR) is 195 cm³/mol. The van der Waals surface area contributed by atoms with Crippen LogP contribution in [0.15, 0.2) is 36.4 Å². The van der Waals surface area contributed by atoms with Crippen LogP contribution in [0.4, 0.5) is 0 Å². The van der Waals surface area contributed by atoms with Crippen LogP contribution in [0.1, 0.15) is 127 Å². The first-order valence-corrected chi connectivity index (χ1v) is 21.6. The average Bonchev–Trinajstić information content (AvgIpc) is 3.05. The summed E-state index contributed by atoms with van der Waals surface area (Å²) in [7, 11) is -2.14. The second kappa shape index (κ2) is 20.0. The van der Waals surface area contributed by atoms with E-state index in [1.807, 2.05) is 0 Å². The number of hydrogen-bond acceptors (Lipinski definition) is 8. The zero-order valence-corrected chi connectivity index (χ0v) is 31.8. The van der Waals surface area contributed by atoms with Crippen LogP contribution < -0.4 is 5.19 Å². The molecule has 1 saturated heterocycles. The molecule has 9 heteroatoms. The van der Waals surface area contributed by atoms with Gasteiger partial charge in [0.05, 0.1) is 27.5 Å². The molecule has 0 spiro atoms. The maximum atomic E-state index is 12.6. The summed E-state index contributed by atoms with van der Waals surface area (Å²) in [5, 5.41) is 1.19. The lowest BCUT2D eigenvalue weighted by atomic mass is 9.76. The van der Waals surface area contributed by atoms with Crippen LogP contribution in [0.25, 0.3) is 0 Å². The van der Waals surface area contributed by atoms with Gasteiger partial charge in [-0.05, 0) is 79.7 Å². The number of cyclic esters (lactones) is 2. The van der Waals surface area contributed by atoms with Crippen molar-refractivity contribution >= 4 is 37.1 Å². The minimum absolute atomic E-state index is 0.112. The molecule has 272 valence electrons. The van der Waals surface area contributed by atoms with Gasteiger partial charge in [0.15, 0.2) is 0 Å². The van der Waals surface area contributed by atoms with E-state index in [2.05, 4.69) is 50.0 Å². The summed E-state index contributed by atoms with van der Waals surface area (Å²) >= 11 is 0. The van der Waals surface area contributed by atoms with Gasteiger partial charge in [0.2, 0.25) is 0 Å². The van der Waals surface area contributed by atoms with Gasteiger partial charge < -0.3 is 18.9 Å². The normalized spacial score (nSPS) is 18.6. The van der Waals surface area contributed by atoms with Gasteiger partial charge in [-0.2, -0.15) is 0 Å². The summed E-state index contributed by atoms with van der Waals surface area (Å²) in [4.78, 5) is 48.2. The van der Waals surface area contributed by atoms with Crippen LogP contribution in [-0.4, -0.2) is 45.2 Å². The predicted octanol–water partition coefficient (Wildman–Crippen LogP) is 8.36. The van der Waals surface area contributed by atoms with Gasteiger partial charge in [0, 0.05) is 23.7 Å². The Morgan fingerprint density at radius 1 is 0.816 bits per heavy atom. The van der Waals surface area contributed by atoms with Crippen LogP contribution in [-0.2, 0) is 51.3 Å². The number of esters is 4. The first-order valence-electron chi connectivity index (χ1n) is 18.4. The van der Waals surface area contributed by atoms with Gasteiger partial charge in [0.1, 0.15) is 13.2 Å². The zero-order valence-electron chi connectivity index (χ0n) is 30.8. The number of rotatable bonds is 20. The third kappa shape index (κ3) is 13.3. The van der Waals surface area contributed by atoms with Crippen molar-refractivity contribution < 1.29 is 38.1 Å². The monoisotopic (exact) mass is 696 g/mol. The standard InChI is InChI=1S/C40H60O8Si/c1-8-9-11-14-30-15-17-32(18-16-30)33-23-34(26-46-39(43)28(2)3)38(35(24-33)27-47-40(44)29(4)5)49(6,7)20-13-10-12-19-45-25-31-21-36(41)48-37(42)22-31/h23-24,30-32H,2,4,8-22,25-27H2,1,3,5-7H3. The molecule has 49 heavy (non-hydrogen) atoms. The zero-order chi connectivity index (χ0) is 36.0. The van der Waals surface area contributed by atoms with Crippen LogP contribution in [0.3, 0.4) is 0 Å². The molecule has 0 radical (unpaired) electrons. The Labute approximate surface area is 295 Å². The van der Waals surface area contributed by atoms with Crippen LogP contribution in [0.2, 0.25) is 19.1 Å². The van der Waals surface area contributed by atoms with Gasteiger partial charge in [-0.25, -0.2) is 9.59 Å². The number of carbonyl (C=O) groups excluding carboxylic acids is 4. The van der Waals surface area contributed by atoms with Gasteiger partial charge >= 0.3 is 23.9 Å². The van der Waals surface area contributed by atoms with Crippen molar-refractivity contribution in [3.8, 4) is 0 Å². The Morgan fingerprint density at radius 3 is 1.92 bits per heavy atom. The molecule has 1 heterocycles. The number of unbranched alkanes of at least 4 members (excludes halogenated alkanes) is 4. The second-order valence-electron chi connectivity index (χ2n) is 15.0. The van der Waals surface area contributed by atoms with Gasteiger partial charge in [0.25, 0.3) is 0 Å². The third-order valence-corrected chi connectivity index (χ3v) is 13.6. The molecule has 0 bridgehead atoms. The molecule has 1 aliphatic heterocycles. The number of benzene rings is 1. The fourth-order valence-corrected chi connectivity index (χ4v) is 10.7. The molecular formula is C40H60O8Si. The average molecular weight is 697 g/mol. The molecule has 3 rings (SSSR count). The highest BCUT2D eigenvalue weighted by molar-refractivity contribution is 6.90. The maximum Gasteiger partial charge on any atom is 0.333 e. The minimum atomic E-state index is -2.14. The molecule has 1 aliphatic carbocycles. The molecule has 0 aromatic heterocycles. The topological polar surface area (TPSA) is 105 Å². The van der Waals surface area contributed by atoms with E-state index in [1.54, 1.807) is 13.8 Å². The summed E-state index contributed by atoms with van der Waals surface area (Å²) in [5.74, 6) is -0.665. The molecule has 0 N–H and O–H groups in total. The van der Waals surface area contributed by atoms with E-state index < -0.39 is 32.0 Å². The first-order chi connectivity index (χ1) is 23.3. The molecule has 0 unspecified atom stereocenters. The molecule has 2 aliphatic rings. The molecule has 1 saturated carbocycles. The third-order valence-electron chi connectivity index (χ3n) is 10.0. The van der Waals surface area contributed by atoms with Crippen molar-refractivity contribution in [2.75, 3.05) is 13.2 Å². The van der Waals surface area contributed by atoms with Crippen molar-refractivity contribution in [3.05, 3.63) is 53.1 Å². The van der Waals surface area contributed by atoms with Crippen LogP contribution >= 0.6 is 0 Å². The highest BCUT2D eigenvalue weighted by Crippen LogP contribution is 2.39. The van der Waals surface area contributed by atoms with Crippen molar-refractivity contribution in [1.29, 1.82) is 0 Å². The number of ether oxygens (including phenoxy) is 4. The summed E-state index contributed by atoms with van der Waals surface area (Å²) in [5.41, 5.74) is 4.00. The van der Waals surface area contributed by atoms with E-state index in [1.165, 1.54) is 49.3 Å². The Hall–Kier alpha value is -3.04. The van der Waals surface area contributed by atoms with E-state index in [0.29, 0.717) is 30.3 Å². The van der Waals surface area contributed by atoms with Gasteiger partial charge in [-0.1, -0.05) is 89.9 Å². The first kappa shape index (κ1) is 40.4. The van der Waals surface area contributed by atoms with Crippen LogP contribution in [0.5, 0.6) is 0 Å². The summed E-state index contributed by atoms with van der Waals surface area (Å²) in [6.45, 7) is 19.1. The Kier molecular flexibility index (Phi) is 16.5. The highest BCUT2D eigenvalue weighted by Gasteiger charge is 2.32. The molecule has 1 aromatic rings. The van der Waals surface area contributed by atoms with Crippen molar-refractivity contribution in [3.63, 3.8) is 0 Å². The van der Waals surface area contributed by atoms with Gasteiger partial charge in [-0.15, -0.1) is 0 Å². The SMILES string of the molecule is C=C(C)C(=O)OCc1cc(C2CCC(CCCCC)CC2)cc(COC(=O)C(=C)C)c1[Si](C)(C)CCCCCOCC1CC(=O)OC(=O)C1. The number of carbonyl (C=O) groups is 4. The van der Waals surface area contributed by atoms with Gasteiger partial charge in [-0.3, -0.25) is 9.59 Å². The molecule has 8 nitrogen and oxygen atoms in total.